The predicted octanol–water partition coefficient (Wildman–Crippen LogP) is 1.23. The molecule has 1 fully saturated rings. The largest absolute Gasteiger partial charge is 0.497 e. The van der Waals surface area contributed by atoms with Gasteiger partial charge in [0.1, 0.15) is 5.75 Å². The molecule has 0 aliphatic carbocycles. The number of sulfonamides is 1. The molecule has 0 radical (unpaired) electrons. The molecule has 0 unspecified atom stereocenters. The Hall–Kier alpha value is -2.99. The monoisotopic (exact) mass is 476 g/mol. The molecule has 2 aromatic carbocycles. The summed E-state index contributed by atoms with van der Waals surface area (Å²) < 4.78 is 37.0. The van der Waals surface area contributed by atoms with Crippen LogP contribution in [0.3, 0.4) is 0 Å². The SMILES string of the molecule is COc1ccc(NC(=O)CN(C)CC(=O)Nc2ccc(S(=O)(=O)N3CCOCC3)cc2)cc1. The van der Waals surface area contributed by atoms with Crippen LogP contribution < -0.4 is 15.4 Å². The lowest BCUT2D eigenvalue weighted by Crippen LogP contribution is -2.40. The van der Waals surface area contributed by atoms with Crippen molar-refractivity contribution in [2.45, 2.75) is 4.90 Å². The van der Waals surface area contributed by atoms with Gasteiger partial charge in [-0.15, -0.1) is 0 Å². The van der Waals surface area contributed by atoms with E-state index in [0.29, 0.717) is 43.4 Å². The van der Waals surface area contributed by atoms with Crippen LogP contribution >= 0.6 is 0 Å². The number of rotatable bonds is 9. The van der Waals surface area contributed by atoms with Gasteiger partial charge in [0.05, 0.1) is 38.3 Å². The molecule has 1 aliphatic rings. The molecule has 2 N–H and O–H groups in total. The molecule has 0 bridgehead atoms. The van der Waals surface area contributed by atoms with Gasteiger partial charge in [0.25, 0.3) is 0 Å². The van der Waals surface area contributed by atoms with Gasteiger partial charge < -0.3 is 20.1 Å². The predicted molar refractivity (Wildman–Crippen MR) is 124 cm³/mol. The van der Waals surface area contributed by atoms with E-state index < -0.39 is 10.0 Å². The molecule has 3 rings (SSSR count). The number of likely N-dealkylation sites (N-methyl/N-ethyl adjacent to an activating group) is 1. The molecule has 11 heteroatoms. The Kier molecular flexibility index (Phi) is 8.39. The maximum absolute atomic E-state index is 12.7. The molecule has 33 heavy (non-hydrogen) atoms. The first kappa shape index (κ1) is 24.6. The molecule has 178 valence electrons. The van der Waals surface area contributed by atoms with Crippen molar-refractivity contribution in [1.29, 1.82) is 0 Å². The van der Waals surface area contributed by atoms with Crippen molar-refractivity contribution >= 4 is 33.2 Å². The number of morpholine rings is 1. The summed E-state index contributed by atoms with van der Waals surface area (Å²) in [6.07, 6.45) is 0. The summed E-state index contributed by atoms with van der Waals surface area (Å²) in [5, 5.41) is 5.47. The minimum Gasteiger partial charge on any atom is -0.497 e. The van der Waals surface area contributed by atoms with E-state index in [2.05, 4.69) is 10.6 Å². The highest BCUT2D eigenvalue weighted by Gasteiger charge is 2.26. The van der Waals surface area contributed by atoms with Crippen LogP contribution in [0.4, 0.5) is 11.4 Å². The Labute approximate surface area is 193 Å². The lowest BCUT2D eigenvalue weighted by molar-refractivity contribution is -0.119. The van der Waals surface area contributed by atoms with Crippen LogP contribution in [0.1, 0.15) is 0 Å². The van der Waals surface area contributed by atoms with Crippen molar-refractivity contribution in [2.75, 3.05) is 64.2 Å². The van der Waals surface area contributed by atoms with Crippen LogP contribution in [-0.2, 0) is 24.3 Å². The number of anilines is 2. The number of nitrogens with zero attached hydrogens (tertiary/aromatic N) is 2. The zero-order valence-electron chi connectivity index (χ0n) is 18.6. The lowest BCUT2D eigenvalue weighted by Gasteiger charge is -2.26. The fourth-order valence-corrected chi connectivity index (χ4v) is 4.68. The quantitative estimate of drug-likeness (QED) is 0.559. The molecule has 1 heterocycles. The molecule has 1 aliphatic heterocycles. The number of methoxy groups -OCH3 is 1. The number of hydrogen-bond donors (Lipinski definition) is 2. The van der Waals surface area contributed by atoms with Gasteiger partial charge in [-0.25, -0.2) is 8.42 Å². The number of carbonyl (C=O) groups is 2. The Bertz CT molecular complexity index is 1050. The Morgan fingerprint density at radius 2 is 1.42 bits per heavy atom. The molecule has 2 amide bonds. The second kappa shape index (κ2) is 11.2. The second-order valence-corrected chi connectivity index (χ2v) is 9.48. The highest BCUT2D eigenvalue weighted by Crippen LogP contribution is 2.19. The summed E-state index contributed by atoms with van der Waals surface area (Å²) in [5.41, 5.74) is 1.10. The lowest BCUT2D eigenvalue weighted by atomic mass is 10.3. The zero-order valence-corrected chi connectivity index (χ0v) is 19.4. The molecule has 0 saturated carbocycles. The van der Waals surface area contributed by atoms with Crippen LogP contribution in [0.5, 0.6) is 5.75 Å². The van der Waals surface area contributed by atoms with Crippen molar-refractivity contribution in [3.63, 3.8) is 0 Å². The summed E-state index contributed by atoms with van der Waals surface area (Å²) in [6.45, 7) is 1.40. The number of carbonyl (C=O) groups excluding carboxylic acids is 2. The fourth-order valence-electron chi connectivity index (χ4n) is 3.27. The van der Waals surface area contributed by atoms with E-state index in [1.807, 2.05) is 0 Å². The Morgan fingerprint density at radius 1 is 0.939 bits per heavy atom. The average Bonchev–Trinajstić information content (AvgIpc) is 2.80. The minimum atomic E-state index is -3.59. The highest BCUT2D eigenvalue weighted by molar-refractivity contribution is 7.89. The first-order chi connectivity index (χ1) is 15.8. The number of hydrogen-bond acceptors (Lipinski definition) is 7. The van der Waals surface area contributed by atoms with Gasteiger partial charge in [0.15, 0.2) is 0 Å². The first-order valence-electron chi connectivity index (χ1n) is 10.4. The fraction of sp³-hybridized carbons (Fsp3) is 0.364. The van der Waals surface area contributed by atoms with Crippen molar-refractivity contribution in [1.82, 2.24) is 9.21 Å². The van der Waals surface area contributed by atoms with E-state index >= 15 is 0 Å². The Balaban J connectivity index is 1.47. The molecule has 0 spiro atoms. The normalized spacial score (nSPS) is 14.6. The molecule has 0 atom stereocenters. The van der Waals surface area contributed by atoms with Gasteiger partial charge in [0, 0.05) is 24.5 Å². The van der Waals surface area contributed by atoms with Crippen LogP contribution in [0.15, 0.2) is 53.4 Å². The molecule has 0 aromatic heterocycles. The second-order valence-electron chi connectivity index (χ2n) is 7.54. The van der Waals surface area contributed by atoms with Gasteiger partial charge in [-0.2, -0.15) is 4.31 Å². The highest BCUT2D eigenvalue weighted by atomic mass is 32.2. The Morgan fingerprint density at radius 3 is 1.91 bits per heavy atom. The van der Waals surface area contributed by atoms with Crippen LogP contribution in [0, 0.1) is 0 Å². The van der Waals surface area contributed by atoms with Gasteiger partial charge in [0.2, 0.25) is 21.8 Å². The summed E-state index contributed by atoms with van der Waals surface area (Å²) in [4.78, 5) is 26.3. The number of nitrogens with one attached hydrogen (secondary N) is 2. The molecule has 2 aromatic rings. The maximum Gasteiger partial charge on any atom is 0.243 e. The topological polar surface area (TPSA) is 117 Å². The zero-order chi connectivity index (χ0) is 23.8. The molecule has 10 nitrogen and oxygen atoms in total. The summed E-state index contributed by atoms with van der Waals surface area (Å²) in [7, 11) is -0.366. The summed E-state index contributed by atoms with van der Waals surface area (Å²) in [5.74, 6) is 0.111. The first-order valence-corrected chi connectivity index (χ1v) is 11.8. The van der Waals surface area contributed by atoms with Gasteiger partial charge in [-0.1, -0.05) is 0 Å². The third-order valence-electron chi connectivity index (χ3n) is 4.95. The van der Waals surface area contributed by atoms with E-state index in [9.17, 15) is 18.0 Å². The summed E-state index contributed by atoms with van der Waals surface area (Å²) in [6, 6.07) is 13.0. The standard InChI is InChI=1S/C22H28N4O6S/c1-25(15-21(27)23-17-3-7-19(31-2)8-4-17)16-22(28)24-18-5-9-20(10-6-18)33(29,30)26-11-13-32-14-12-26/h3-10H,11-16H2,1-2H3,(H,23,27)(H,24,28). The van der Waals surface area contributed by atoms with Crippen LogP contribution in [0.25, 0.3) is 0 Å². The van der Waals surface area contributed by atoms with Crippen molar-refractivity contribution in [3.8, 4) is 5.75 Å². The third-order valence-corrected chi connectivity index (χ3v) is 6.86. The van der Waals surface area contributed by atoms with Crippen molar-refractivity contribution in [2.24, 2.45) is 0 Å². The number of benzene rings is 2. The third kappa shape index (κ3) is 6.99. The minimum absolute atomic E-state index is 0.0101. The van der Waals surface area contributed by atoms with Crippen molar-refractivity contribution < 1.29 is 27.5 Å². The van der Waals surface area contributed by atoms with Crippen LogP contribution in [0.2, 0.25) is 0 Å². The van der Waals surface area contributed by atoms with Gasteiger partial charge in [-0.3, -0.25) is 14.5 Å². The van der Waals surface area contributed by atoms with E-state index in [1.165, 1.54) is 16.4 Å². The smallest absolute Gasteiger partial charge is 0.243 e. The molecule has 1 saturated heterocycles. The van der Waals surface area contributed by atoms with Crippen LogP contribution in [-0.4, -0.2) is 83.0 Å². The van der Waals surface area contributed by atoms with E-state index in [4.69, 9.17) is 9.47 Å². The van der Waals surface area contributed by atoms with Gasteiger partial charge >= 0.3 is 0 Å². The van der Waals surface area contributed by atoms with Crippen molar-refractivity contribution in [3.05, 3.63) is 48.5 Å². The van der Waals surface area contributed by atoms with E-state index in [-0.39, 0.29) is 29.8 Å². The van der Waals surface area contributed by atoms with Gasteiger partial charge in [-0.05, 0) is 55.6 Å². The number of ether oxygens (including phenoxy) is 2. The summed E-state index contributed by atoms with van der Waals surface area (Å²) >= 11 is 0. The van der Waals surface area contributed by atoms with E-state index in [0.717, 1.165) is 0 Å². The molecular weight excluding hydrogens is 448 g/mol. The maximum atomic E-state index is 12.7. The van der Waals surface area contributed by atoms with E-state index in [1.54, 1.807) is 55.5 Å². The number of amides is 2. The molecular formula is C22H28N4O6S. The average molecular weight is 477 g/mol.